The van der Waals surface area contributed by atoms with E-state index < -0.39 is 0 Å². The zero-order valence-corrected chi connectivity index (χ0v) is 9.08. The molecule has 0 aliphatic carbocycles. The van der Waals surface area contributed by atoms with Gasteiger partial charge in [0.2, 0.25) is 0 Å². The minimum Gasteiger partial charge on any atom is -0.398 e. The van der Waals surface area contributed by atoms with Crippen molar-refractivity contribution in [3.05, 3.63) is 29.8 Å². The van der Waals surface area contributed by atoms with E-state index >= 15 is 0 Å². The highest BCUT2D eigenvalue weighted by Crippen LogP contribution is 2.48. The Morgan fingerprint density at radius 2 is 1.73 bits per heavy atom. The normalized spacial score (nSPS) is 24.3. The molecule has 2 nitrogen and oxygen atoms in total. The third kappa shape index (κ3) is 1.21. The van der Waals surface area contributed by atoms with E-state index in [9.17, 15) is 0 Å². The molecule has 0 spiro atoms. The molecule has 0 radical (unpaired) electrons. The molecule has 0 bridgehead atoms. The van der Waals surface area contributed by atoms with Crippen molar-refractivity contribution in [2.24, 2.45) is 0 Å². The van der Waals surface area contributed by atoms with Gasteiger partial charge in [-0.15, -0.1) is 0 Å². The summed E-state index contributed by atoms with van der Waals surface area (Å²) in [6.07, 6.45) is 5.24. The van der Waals surface area contributed by atoms with Gasteiger partial charge >= 0.3 is 0 Å². The number of benzene rings is 1. The van der Waals surface area contributed by atoms with Crippen molar-refractivity contribution in [2.45, 2.75) is 31.2 Å². The molecule has 2 fully saturated rings. The number of rotatable bonds is 1. The van der Waals surface area contributed by atoms with Crippen LogP contribution in [0.2, 0.25) is 0 Å². The van der Waals surface area contributed by atoms with Crippen LogP contribution in [0.15, 0.2) is 24.3 Å². The Labute approximate surface area is 91.1 Å². The second-order valence-electron chi connectivity index (χ2n) is 4.81. The van der Waals surface area contributed by atoms with E-state index in [0.29, 0.717) is 5.54 Å². The lowest BCUT2D eigenvalue weighted by atomic mass is 9.85. The third-order valence-electron chi connectivity index (χ3n) is 4.10. The minimum absolute atomic E-state index is 0.297. The molecule has 2 aliphatic heterocycles. The molecule has 1 aromatic carbocycles. The number of hydrogen-bond donors (Lipinski definition) is 1. The quantitative estimate of drug-likeness (QED) is 0.708. The van der Waals surface area contributed by atoms with Crippen LogP contribution < -0.4 is 5.73 Å². The molecule has 0 amide bonds. The van der Waals surface area contributed by atoms with Crippen molar-refractivity contribution in [3.8, 4) is 0 Å². The fourth-order valence-corrected chi connectivity index (χ4v) is 3.47. The fourth-order valence-electron chi connectivity index (χ4n) is 3.47. The van der Waals surface area contributed by atoms with E-state index in [-0.39, 0.29) is 0 Å². The number of hydrogen-bond acceptors (Lipinski definition) is 2. The topological polar surface area (TPSA) is 29.3 Å². The Balaban J connectivity index is 2.08. The van der Waals surface area contributed by atoms with E-state index in [4.69, 9.17) is 5.73 Å². The maximum absolute atomic E-state index is 6.12. The average Bonchev–Trinajstić information content (AvgIpc) is 2.77. The van der Waals surface area contributed by atoms with Gasteiger partial charge in [-0.05, 0) is 50.4 Å². The summed E-state index contributed by atoms with van der Waals surface area (Å²) in [7, 11) is 0. The second-order valence-corrected chi connectivity index (χ2v) is 4.81. The Kier molecular flexibility index (Phi) is 1.99. The standard InChI is InChI=1S/C13H18N2/c14-12-6-2-1-5-11(12)13-7-3-9-15(13)10-4-8-13/h1-2,5-6H,3-4,7-10,14H2. The first kappa shape index (κ1) is 9.22. The Bertz CT molecular complexity index is 363. The molecule has 2 aliphatic rings. The molecule has 2 heteroatoms. The Morgan fingerprint density at radius 3 is 2.40 bits per heavy atom. The molecule has 15 heavy (non-hydrogen) atoms. The van der Waals surface area contributed by atoms with E-state index in [1.165, 1.54) is 44.3 Å². The van der Waals surface area contributed by atoms with Crippen LogP contribution in [0.25, 0.3) is 0 Å². The van der Waals surface area contributed by atoms with E-state index in [0.717, 1.165) is 5.69 Å². The van der Waals surface area contributed by atoms with Gasteiger partial charge in [0, 0.05) is 11.2 Å². The van der Waals surface area contributed by atoms with Crippen LogP contribution in [0.4, 0.5) is 5.69 Å². The van der Waals surface area contributed by atoms with Gasteiger partial charge < -0.3 is 5.73 Å². The van der Waals surface area contributed by atoms with Gasteiger partial charge in [0.25, 0.3) is 0 Å². The highest BCUT2D eigenvalue weighted by Gasteiger charge is 2.46. The minimum atomic E-state index is 0.297. The summed E-state index contributed by atoms with van der Waals surface area (Å²) in [6, 6.07) is 8.41. The summed E-state index contributed by atoms with van der Waals surface area (Å²) < 4.78 is 0. The van der Waals surface area contributed by atoms with E-state index in [2.05, 4.69) is 17.0 Å². The van der Waals surface area contributed by atoms with Gasteiger partial charge in [-0.3, -0.25) is 4.90 Å². The molecule has 0 aromatic heterocycles. The molecule has 3 rings (SSSR count). The molecular weight excluding hydrogens is 184 g/mol. The van der Waals surface area contributed by atoms with Gasteiger partial charge in [0.15, 0.2) is 0 Å². The maximum atomic E-state index is 6.12. The zero-order valence-electron chi connectivity index (χ0n) is 9.08. The SMILES string of the molecule is Nc1ccccc1C12CCCN1CCC2. The van der Waals surface area contributed by atoms with Crippen LogP contribution >= 0.6 is 0 Å². The molecule has 0 unspecified atom stereocenters. The summed E-state index contributed by atoms with van der Waals surface area (Å²) in [5, 5.41) is 0. The fraction of sp³-hybridized carbons (Fsp3) is 0.538. The molecule has 2 N–H and O–H groups in total. The van der Waals surface area contributed by atoms with Crippen molar-refractivity contribution in [1.82, 2.24) is 4.90 Å². The smallest absolute Gasteiger partial charge is 0.0481 e. The highest BCUT2D eigenvalue weighted by atomic mass is 15.2. The summed E-state index contributed by atoms with van der Waals surface area (Å²) in [4.78, 5) is 2.64. The molecule has 80 valence electrons. The summed E-state index contributed by atoms with van der Waals surface area (Å²) >= 11 is 0. The summed E-state index contributed by atoms with van der Waals surface area (Å²) in [5.74, 6) is 0. The predicted molar refractivity (Wildman–Crippen MR) is 62.6 cm³/mol. The average molecular weight is 202 g/mol. The van der Waals surface area contributed by atoms with Crippen LogP contribution in [0, 0.1) is 0 Å². The highest BCUT2D eigenvalue weighted by molar-refractivity contribution is 5.51. The van der Waals surface area contributed by atoms with E-state index in [1.54, 1.807) is 0 Å². The van der Waals surface area contributed by atoms with Gasteiger partial charge in [-0.1, -0.05) is 18.2 Å². The predicted octanol–water partition coefficient (Wildman–Crippen LogP) is 2.35. The maximum Gasteiger partial charge on any atom is 0.0481 e. The molecule has 0 saturated carbocycles. The van der Waals surface area contributed by atoms with Gasteiger partial charge in [0.05, 0.1) is 0 Å². The van der Waals surface area contributed by atoms with Gasteiger partial charge in [0.1, 0.15) is 0 Å². The number of para-hydroxylation sites is 1. The first-order valence-corrected chi connectivity index (χ1v) is 5.93. The largest absolute Gasteiger partial charge is 0.398 e. The lowest BCUT2D eigenvalue weighted by Gasteiger charge is -2.33. The van der Waals surface area contributed by atoms with Crippen LogP contribution in [0.3, 0.4) is 0 Å². The summed E-state index contributed by atoms with van der Waals surface area (Å²) in [6.45, 7) is 2.52. The van der Waals surface area contributed by atoms with Crippen molar-refractivity contribution in [2.75, 3.05) is 18.8 Å². The van der Waals surface area contributed by atoms with Crippen LogP contribution in [-0.2, 0) is 5.54 Å². The van der Waals surface area contributed by atoms with Crippen LogP contribution in [-0.4, -0.2) is 18.0 Å². The molecule has 2 saturated heterocycles. The van der Waals surface area contributed by atoms with Gasteiger partial charge in [-0.25, -0.2) is 0 Å². The third-order valence-corrected chi connectivity index (χ3v) is 4.10. The lowest BCUT2D eigenvalue weighted by Crippen LogP contribution is -2.35. The van der Waals surface area contributed by atoms with E-state index in [1.807, 2.05) is 12.1 Å². The number of nitrogens with two attached hydrogens (primary N) is 1. The van der Waals surface area contributed by atoms with Crippen LogP contribution in [0.5, 0.6) is 0 Å². The molecule has 0 atom stereocenters. The Morgan fingerprint density at radius 1 is 1.07 bits per heavy atom. The number of fused-ring (bicyclic) bond motifs is 1. The molecule has 1 aromatic rings. The first-order valence-electron chi connectivity index (χ1n) is 5.93. The van der Waals surface area contributed by atoms with Crippen molar-refractivity contribution in [1.29, 1.82) is 0 Å². The summed E-state index contributed by atoms with van der Waals surface area (Å²) in [5.41, 5.74) is 8.77. The number of nitrogens with zero attached hydrogens (tertiary/aromatic N) is 1. The second kappa shape index (κ2) is 3.24. The molecule has 2 heterocycles. The number of anilines is 1. The Hall–Kier alpha value is -1.02. The van der Waals surface area contributed by atoms with Crippen molar-refractivity contribution in [3.63, 3.8) is 0 Å². The van der Waals surface area contributed by atoms with Crippen molar-refractivity contribution >= 4 is 5.69 Å². The van der Waals surface area contributed by atoms with Crippen LogP contribution in [0.1, 0.15) is 31.2 Å². The number of nitrogen functional groups attached to an aromatic ring is 1. The zero-order chi connectivity index (χ0) is 10.3. The monoisotopic (exact) mass is 202 g/mol. The van der Waals surface area contributed by atoms with Gasteiger partial charge in [-0.2, -0.15) is 0 Å². The van der Waals surface area contributed by atoms with Crippen molar-refractivity contribution < 1.29 is 0 Å². The first-order chi connectivity index (χ1) is 7.33. The molecular formula is C13H18N2. The lowest BCUT2D eigenvalue weighted by molar-refractivity contribution is 0.198.